The van der Waals surface area contributed by atoms with Gasteiger partial charge in [-0.05, 0) is 49.7 Å². The van der Waals surface area contributed by atoms with Crippen molar-refractivity contribution in [1.29, 1.82) is 0 Å². The summed E-state index contributed by atoms with van der Waals surface area (Å²) in [4.78, 5) is 18.2. The van der Waals surface area contributed by atoms with Gasteiger partial charge in [0, 0.05) is 20.1 Å². The number of carbonyl (C=O) groups is 1. The highest BCUT2D eigenvalue weighted by atomic mass is 127. The van der Waals surface area contributed by atoms with Crippen molar-refractivity contribution >= 4 is 41.5 Å². The Bertz CT molecular complexity index is 879. The van der Waals surface area contributed by atoms with E-state index >= 15 is 0 Å². The Morgan fingerprint density at radius 3 is 2.71 bits per heavy atom. The molecule has 0 radical (unpaired) electrons. The molecule has 1 atom stereocenters. The third-order valence-corrected chi connectivity index (χ3v) is 4.59. The highest BCUT2D eigenvalue weighted by Crippen LogP contribution is 2.31. The number of nitrogens with one attached hydrogen (secondary N) is 2. The molecule has 2 aromatic rings. The molecule has 1 aliphatic heterocycles. The molecule has 0 bridgehead atoms. The fraction of sp³-hybridized carbons (Fsp3) is 0.364. The van der Waals surface area contributed by atoms with Crippen LogP contribution < -0.4 is 25.0 Å². The molecule has 0 saturated carbocycles. The van der Waals surface area contributed by atoms with Gasteiger partial charge < -0.3 is 25.0 Å². The number of ether oxygens (including phenoxy) is 2. The Labute approximate surface area is 199 Å². The summed E-state index contributed by atoms with van der Waals surface area (Å²) in [6, 6.07) is 13.5. The summed E-state index contributed by atoms with van der Waals surface area (Å²) in [7, 11) is 1.70. The molecular formula is C22H28FIN4O3. The van der Waals surface area contributed by atoms with Gasteiger partial charge in [0.2, 0.25) is 0 Å². The summed E-state index contributed by atoms with van der Waals surface area (Å²) in [6.45, 7) is 3.77. The molecule has 7 nitrogen and oxygen atoms in total. The van der Waals surface area contributed by atoms with Gasteiger partial charge in [-0.2, -0.15) is 0 Å². The molecule has 1 unspecified atom stereocenters. The van der Waals surface area contributed by atoms with Crippen molar-refractivity contribution in [3.63, 3.8) is 0 Å². The smallest absolute Gasteiger partial charge is 0.265 e. The average molecular weight is 542 g/mol. The fourth-order valence-corrected chi connectivity index (χ4v) is 3.09. The highest BCUT2D eigenvalue weighted by molar-refractivity contribution is 14.0. The molecule has 31 heavy (non-hydrogen) atoms. The van der Waals surface area contributed by atoms with Crippen LogP contribution in [-0.4, -0.2) is 51.3 Å². The number of aliphatic imine (C=N–C) groups is 1. The zero-order valence-electron chi connectivity index (χ0n) is 17.6. The number of fused-ring (bicyclic) bond motifs is 1. The van der Waals surface area contributed by atoms with Crippen LogP contribution in [0.4, 0.5) is 10.1 Å². The maximum absolute atomic E-state index is 13.0. The maximum atomic E-state index is 13.0. The van der Waals surface area contributed by atoms with Crippen molar-refractivity contribution in [2.24, 2.45) is 4.99 Å². The SMILES string of the molecule is CN=C(NCCCN1C(=O)COc2ccccc21)NCC(C)Oc1ccc(F)cc1.I. The minimum atomic E-state index is -0.292. The molecule has 1 heterocycles. The topological polar surface area (TPSA) is 75.2 Å². The Morgan fingerprint density at radius 1 is 1.23 bits per heavy atom. The molecule has 9 heteroatoms. The molecule has 3 rings (SSSR count). The molecule has 2 N–H and O–H groups in total. The minimum Gasteiger partial charge on any atom is -0.489 e. The quantitative estimate of drug-likeness (QED) is 0.232. The normalized spacial score (nSPS) is 14.1. The van der Waals surface area contributed by atoms with Crippen LogP contribution >= 0.6 is 24.0 Å². The molecule has 1 amide bonds. The zero-order chi connectivity index (χ0) is 21.3. The van der Waals surface area contributed by atoms with E-state index in [-0.39, 0.29) is 48.4 Å². The van der Waals surface area contributed by atoms with E-state index in [1.807, 2.05) is 31.2 Å². The molecule has 2 aromatic carbocycles. The van der Waals surface area contributed by atoms with Crippen LogP contribution in [0.3, 0.4) is 0 Å². The van der Waals surface area contributed by atoms with Crippen LogP contribution in [0.5, 0.6) is 11.5 Å². The van der Waals surface area contributed by atoms with Gasteiger partial charge in [-0.3, -0.25) is 9.79 Å². The molecule has 0 aromatic heterocycles. The van der Waals surface area contributed by atoms with Crippen molar-refractivity contribution in [3.05, 3.63) is 54.3 Å². The number of rotatable bonds is 8. The van der Waals surface area contributed by atoms with Gasteiger partial charge in [0.15, 0.2) is 12.6 Å². The first-order valence-electron chi connectivity index (χ1n) is 9.95. The fourth-order valence-electron chi connectivity index (χ4n) is 3.09. The Hall–Kier alpha value is -2.56. The van der Waals surface area contributed by atoms with Gasteiger partial charge in [-0.1, -0.05) is 12.1 Å². The van der Waals surface area contributed by atoms with Gasteiger partial charge in [-0.25, -0.2) is 4.39 Å². The molecule has 168 valence electrons. The van der Waals surface area contributed by atoms with Gasteiger partial charge in [0.25, 0.3) is 5.91 Å². The lowest BCUT2D eigenvalue weighted by Gasteiger charge is -2.29. The number of para-hydroxylation sites is 2. The van der Waals surface area contributed by atoms with Crippen molar-refractivity contribution in [2.75, 3.05) is 38.2 Å². The summed E-state index contributed by atoms with van der Waals surface area (Å²) in [5.41, 5.74) is 0.808. The number of nitrogens with zero attached hydrogens (tertiary/aromatic N) is 2. The van der Waals surface area contributed by atoms with Crippen LogP contribution in [0.25, 0.3) is 0 Å². The number of hydrogen-bond donors (Lipinski definition) is 2. The number of amides is 1. The summed E-state index contributed by atoms with van der Waals surface area (Å²) < 4.78 is 24.2. The van der Waals surface area contributed by atoms with Crippen molar-refractivity contribution in [2.45, 2.75) is 19.4 Å². The number of anilines is 1. The van der Waals surface area contributed by atoms with E-state index in [4.69, 9.17) is 9.47 Å². The third-order valence-electron chi connectivity index (χ3n) is 4.59. The molecule has 0 fully saturated rings. The van der Waals surface area contributed by atoms with Crippen LogP contribution in [0, 0.1) is 5.82 Å². The van der Waals surface area contributed by atoms with E-state index in [2.05, 4.69) is 15.6 Å². The second-order valence-electron chi connectivity index (χ2n) is 6.92. The Kier molecular flexibility index (Phi) is 9.83. The van der Waals surface area contributed by atoms with Crippen molar-refractivity contribution < 1.29 is 18.7 Å². The van der Waals surface area contributed by atoms with E-state index in [0.29, 0.717) is 31.3 Å². The Morgan fingerprint density at radius 2 is 1.97 bits per heavy atom. The predicted molar refractivity (Wildman–Crippen MR) is 130 cm³/mol. The maximum Gasteiger partial charge on any atom is 0.265 e. The van der Waals surface area contributed by atoms with Gasteiger partial charge in [0.1, 0.15) is 23.4 Å². The lowest BCUT2D eigenvalue weighted by atomic mass is 10.2. The van der Waals surface area contributed by atoms with Gasteiger partial charge in [-0.15, -0.1) is 24.0 Å². The first-order valence-corrected chi connectivity index (χ1v) is 9.95. The van der Waals surface area contributed by atoms with Crippen LogP contribution in [0.2, 0.25) is 0 Å². The van der Waals surface area contributed by atoms with Gasteiger partial charge >= 0.3 is 0 Å². The van der Waals surface area contributed by atoms with Crippen LogP contribution in [-0.2, 0) is 4.79 Å². The van der Waals surface area contributed by atoms with E-state index in [9.17, 15) is 9.18 Å². The summed E-state index contributed by atoms with van der Waals surface area (Å²) in [6.07, 6.45) is 0.624. The molecule has 0 saturated heterocycles. The van der Waals surface area contributed by atoms with Gasteiger partial charge in [0.05, 0.1) is 12.2 Å². The van der Waals surface area contributed by atoms with Crippen molar-refractivity contribution in [1.82, 2.24) is 10.6 Å². The molecule has 1 aliphatic rings. The van der Waals surface area contributed by atoms with E-state index in [1.54, 1.807) is 24.1 Å². The van der Waals surface area contributed by atoms with Crippen LogP contribution in [0.1, 0.15) is 13.3 Å². The standard InChI is InChI=1S/C22H27FN4O3.HI/c1-16(30-18-10-8-17(23)9-11-18)14-26-22(24-2)25-12-5-13-27-19-6-3-4-7-20(19)29-15-21(27)28;/h3-4,6-11,16H,5,12-15H2,1-2H3,(H2,24,25,26);1H. The third kappa shape index (κ3) is 7.27. The lowest BCUT2D eigenvalue weighted by Crippen LogP contribution is -2.43. The number of guanidine groups is 1. The largest absolute Gasteiger partial charge is 0.489 e. The second kappa shape index (κ2) is 12.3. The lowest BCUT2D eigenvalue weighted by molar-refractivity contribution is -0.121. The zero-order valence-corrected chi connectivity index (χ0v) is 20.0. The molecular weight excluding hydrogens is 514 g/mol. The average Bonchev–Trinajstić information content (AvgIpc) is 2.76. The first kappa shape index (κ1) is 24.7. The molecule has 0 spiro atoms. The number of benzene rings is 2. The van der Waals surface area contributed by atoms with E-state index in [1.165, 1.54) is 12.1 Å². The molecule has 0 aliphatic carbocycles. The predicted octanol–water partition coefficient (Wildman–Crippen LogP) is 3.19. The Balaban J connectivity index is 0.00000341. The van der Waals surface area contributed by atoms with E-state index < -0.39 is 0 Å². The first-order chi connectivity index (χ1) is 14.6. The minimum absolute atomic E-state index is 0. The number of halogens is 2. The number of hydrogen-bond acceptors (Lipinski definition) is 4. The summed E-state index contributed by atoms with van der Waals surface area (Å²) in [5.74, 6) is 1.67. The monoisotopic (exact) mass is 542 g/mol. The van der Waals surface area contributed by atoms with Crippen molar-refractivity contribution in [3.8, 4) is 11.5 Å². The van der Waals surface area contributed by atoms with E-state index in [0.717, 1.165) is 17.9 Å². The second-order valence-corrected chi connectivity index (χ2v) is 6.92. The number of carbonyl (C=O) groups excluding carboxylic acids is 1. The summed E-state index contributed by atoms with van der Waals surface area (Å²) in [5, 5.41) is 6.44. The van der Waals surface area contributed by atoms with Crippen LogP contribution in [0.15, 0.2) is 53.5 Å². The highest BCUT2D eigenvalue weighted by Gasteiger charge is 2.24. The summed E-state index contributed by atoms with van der Waals surface area (Å²) >= 11 is 0.